The third-order valence-corrected chi connectivity index (χ3v) is 3.00. The van der Waals surface area contributed by atoms with E-state index in [0.717, 1.165) is 5.69 Å². The summed E-state index contributed by atoms with van der Waals surface area (Å²) in [5.74, 6) is -0.986. The second-order valence-corrected chi connectivity index (χ2v) is 4.80. The molecule has 0 fully saturated rings. The van der Waals surface area contributed by atoms with Crippen LogP contribution >= 0.6 is 0 Å². The summed E-state index contributed by atoms with van der Waals surface area (Å²) in [7, 11) is 0. The van der Waals surface area contributed by atoms with Crippen molar-refractivity contribution < 1.29 is 9.59 Å². The molecule has 2 aromatic rings. The van der Waals surface area contributed by atoms with Crippen LogP contribution in [0.25, 0.3) is 0 Å². The molecule has 3 heteroatoms. The smallest absolute Gasteiger partial charge is 0.299 e. The predicted octanol–water partition coefficient (Wildman–Crippen LogP) is 3.31. The first kappa shape index (κ1) is 14.0. The van der Waals surface area contributed by atoms with E-state index in [-0.39, 0.29) is 6.04 Å². The van der Waals surface area contributed by atoms with Crippen LogP contribution in [0.2, 0.25) is 0 Å². The first-order chi connectivity index (χ1) is 9.61. The Labute approximate surface area is 118 Å². The fourth-order valence-electron chi connectivity index (χ4n) is 2.06. The standard InChI is InChI=1S/C17H17NO2/c1-13(2)18(15-11-7-4-8-12-15)17(20)16(19)14-9-5-3-6-10-14/h3-13H,1-2H3. The van der Waals surface area contributed by atoms with Crippen molar-refractivity contribution >= 4 is 17.4 Å². The summed E-state index contributed by atoms with van der Waals surface area (Å²) in [6.07, 6.45) is 0. The van der Waals surface area contributed by atoms with Crippen molar-refractivity contribution in [2.75, 3.05) is 4.90 Å². The maximum Gasteiger partial charge on any atom is 0.299 e. The number of nitrogens with zero attached hydrogens (tertiary/aromatic N) is 1. The molecule has 0 aliphatic rings. The highest BCUT2D eigenvalue weighted by Gasteiger charge is 2.26. The number of carbonyl (C=O) groups excluding carboxylic acids is 2. The molecule has 2 aromatic carbocycles. The van der Waals surface area contributed by atoms with Gasteiger partial charge >= 0.3 is 0 Å². The molecular weight excluding hydrogens is 250 g/mol. The van der Waals surface area contributed by atoms with E-state index in [2.05, 4.69) is 0 Å². The zero-order valence-electron chi connectivity index (χ0n) is 11.6. The number of ketones is 1. The summed E-state index contributed by atoms with van der Waals surface area (Å²) >= 11 is 0. The van der Waals surface area contributed by atoms with Crippen molar-refractivity contribution in [3.8, 4) is 0 Å². The highest BCUT2D eigenvalue weighted by molar-refractivity contribution is 6.47. The molecule has 1 amide bonds. The highest BCUT2D eigenvalue weighted by Crippen LogP contribution is 2.18. The van der Waals surface area contributed by atoms with E-state index in [0.29, 0.717) is 5.56 Å². The maximum absolute atomic E-state index is 12.5. The summed E-state index contributed by atoms with van der Waals surface area (Å²) in [6.45, 7) is 3.78. The second kappa shape index (κ2) is 6.15. The number of rotatable bonds is 4. The van der Waals surface area contributed by atoms with Gasteiger partial charge in [-0.1, -0.05) is 48.5 Å². The van der Waals surface area contributed by atoms with Gasteiger partial charge in [-0.3, -0.25) is 9.59 Å². The van der Waals surface area contributed by atoms with E-state index in [4.69, 9.17) is 0 Å². The van der Waals surface area contributed by atoms with Crippen LogP contribution in [0.3, 0.4) is 0 Å². The van der Waals surface area contributed by atoms with E-state index >= 15 is 0 Å². The minimum absolute atomic E-state index is 0.0856. The van der Waals surface area contributed by atoms with E-state index < -0.39 is 11.7 Å². The molecule has 0 spiro atoms. The number of carbonyl (C=O) groups is 2. The van der Waals surface area contributed by atoms with Crippen molar-refractivity contribution in [2.45, 2.75) is 19.9 Å². The summed E-state index contributed by atoms with van der Waals surface area (Å²) in [4.78, 5) is 26.3. The SMILES string of the molecule is CC(C)N(C(=O)C(=O)c1ccccc1)c1ccccc1. The summed E-state index contributed by atoms with van der Waals surface area (Å²) in [5, 5.41) is 0. The quantitative estimate of drug-likeness (QED) is 0.629. The number of anilines is 1. The minimum atomic E-state index is -0.502. The van der Waals surface area contributed by atoms with Gasteiger partial charge in [0.25, 0.3) is 11.7 Å². The van der Waals surface area contributed by atoms with Crippen molar-refractivity contribution in [1.82, 2.24) is 0 Å². The predicted molar refractivity (Wildman–Crippen MR) is 79.8 cm³/mol. The first-order valence-electron chi connectivity index (χ1n) is 6.59. The van der Waals surface area contributed by atoms with Crippen molar-refractivity contribution in [2.24, 2.45) is 0 Å². The molecule has 3 nitrogen and oxygen atoms in total. The Balaban J connectivity index is 2.32. The second-order valence-electron chi connectivity index (χ2n) is 4.80. The van der Waals surface area contributed by atoms with Crippen LogP contribution in [-0.2, 0) is 4.79 Å². The van der Waals surface area contributed by atoms with Crippen molar-refractivity contribution in [3.63, 3.8) is 0 Å². The molecule has 20 heavy (non-hydrogen) atoms. The molecule has 0 aliphatic heterocycles. The molecule has 0 saturated carbocycles. The zero-order valence-corrected chi connectivity index (χ0v) is 11.6. The fraction of sp³-hybridized carbons (Fsp3) is 0.176. The van der Waals surface area contributed by atoms with Gasteiger partial charge in [0.2, 0.25) is 0 Å². The molecule has 0 aromatic heterocycles. The van der Waals surface area contributed by atoms with E-state index in [1.807, 2.05) is 50.2 Å². The number of hydrogen-bond donors (Lipinski definition) is 0. The van der Waals surface area contributed by atoms with Crippen LogP contribution in [0.1, 0.15) is 24.2 Å². The Morgan fingerprint density at radius 3 is 1.85 bits per heavy atom. The maximum atomic E-state index is 12.5. The fourth-order valence-corrected chi connectivity index (χ4v) is 2.06. The third-order valence-electron chi connectivity index (χ3n) is 3.00. The van der Waals surface area contributed by atoms with Gasteiger partial charge in [0, 0.05) is 17.3 Å². The average Bonchev–Trinajstić information content (AvgIpc) is 2.48. The number of hydrogen-bond acceptors (Lipinski definition) is 2. The zero-order chi connectivity index (χ0) is 14.5. The summed E-state index contributed by atoms with van der Waals surface area (Å²) in [5.41, 5.74) is 1.15. The van der Waals surface area contributed by atoms with Gasteiger partial charge in [-0.05, 0) is 26.0 Å². The Kier molecular flexibility index (Phi) is 4.31. The molecule has 2 rings (SSSR count). The summed E-state index contributed by atoms with van der Waals surface area (Å²) in [6, 6.07) is 17.8. The number of para-hydroxylation sites is 1. The average molecular weight is 267 g/mol. The van der Waals surface area contributed by atoms with Gasteiger partial charge in [-0.2, -0.15) is 0 Å². The Hall–Kier alpha value is -2.42. The third kappa shape index (κ3) is 2.94. The highest BCUT2D eigenvalue weighted by atomic mass is 16.2. The normalized spacial score (nSPS) is 10.3. The van der Waals surface area contributed by atoms with Gasteiger partial charge in [0.15, 0.2) is 0 Å². The van der Waals surface area contributed by atoms with Gasteiger partial charge in [0.1, 0.15) is 0 Å². The molecule has 0 bridgehead atoms. The van der Waals surface area contributed by atoms with E-state index in [1.54, 1.807) is 24.3 Å². The molecule has 0 heterocycles. The van der Waals surface area contributed by atoms with Crippen LogP contribution in [0.4, 0.5) is 5.69 Å². The molecular formula is C17H17NO2. The van der Waals surface area contributed by atoms with Crippen LogP contribution in [0.15, 0.2) is 60.7 Å². The Bertz CT molecular complexity index is 591. The van der Waals surface area contributed by atoms with Crippen LogP contribution in [-0.4, -0.2) is 17.7 Å². The van der Waals surface area contributed by atoms with Crippen LogP contribution in [0.5, 0.6) is 0 Å². The van der Waals surface area contributed by atoms with E-state index in [9.17, 15) is 9.59 Å². The van der Waals surface area contributed by atoms with Gasteiger partial charge in [0.05, 0.1) is 0 Å². The number of benzene rings is 2. The Morgan fingerprint density at radius 2 is 1.35 bits per heavy atom. The van der Waals surface area contributed by atoms with Crippen molar-refractivity contribution in [1.29, 1.82) is 0 Å². The topological polar surface area (TPSA) is 37.4 Å². The molecule has 0 atom stereocenters. The number of Topliss-reactive ketones (excluding diaryl/α,β-unsaturated/α-hetero) is 1. The van der Waals surface area contributed by atoms with Crippen LogP contribution in [0, 0.1) is 0 Å². The lowest BCUT2D eigenvalue weighted by Crippen LogP contribution is -2.41. The molecule has 0 aliphatic carbocycles. The van der Waals surface area contributed by atoms with Crippen LogP contribution < -0.4 is 4.90 Å². The van der Waals surface area contributed by atoms with Crippen molar-refractivity contribution in [3.05, 3.63) is 66.2 Å². The van der Waals surface area contributed by atoms with Gasteiger partial charge in [-0.25, -0.2) is 0 Å². The lowest BCUT2D eigenvalue weighted by Gasteiger charge is -2.26. The lowest BCUT2D eigenvalue weighted by molar-refractivity contribution is -0.115. The molecule has 0 saturated heterocycles. The minimum Gasteiger partial charge on any atom is -0.303 e. The first-order valence-corrected chi connectivity index (χ1v) is 6.59. The summed E-state index contributed by atoms with van der Waals surface area (Å²) < 4.78 is 0. The Morgan fingerprint density at radius 1 is 0.850 bits per heavy atom. The number of amides is 1. The molecule has 0 unspecified atom stereocenters. The molecule has 102 valence electrons. The van der Waals surface area contributed by atoms with E-state index in [1.165, 1.54) is 4.90 Å². The van der Waals surface area contributed by atoms with Gasteiger partial charge < -0.3 is 4.90 Å². The van der Waals surface area contributed by atoms with Gasteiger partial charge in [-0.15, -0.1) is 0 Å². The largest absolute Gasteiger partial charge is 0.303 e. The monoisotopic (exact) mass is 267 g/mol. The lowest BCUT2D eigenvalue weighted by atomic mass is 10.1. The molecule has 0 radical (unpaired) electrons. The molecule has 0 N–H and O–H groups in total.